The zero-order chi connectivity index (χ0) is 20.3. The fraction of sp³-hybridized carbons (Fsp3) is 0.333. The van der Waals surface area contributed by atoms with Crippen molar-refractivity contribution < 1.29 is 19.1 Å². The van der Waals surface area contributed by atoms with Crippen LogP contribution in [0.25, 0.3) is 0 Å². The van der Waals surface area contributed by atoms with E-state index in [4.69, 9.17) is 21.1 Å². The van der Waals surface area contributed by atoms with Gasteiger partial charge in [0.2, 0.25) is 11.8 Å². The second-order valence-electron chi connectivity index (χ2n) is 6.61. The summed E-state index contributed by atoms with van der Waals surface area (Å²) in [5.41, 5.74) is 2.40. The van der Waals surface area contributed by atoms with Crippen LogP contribution in [0.1, 0.15) is 18.9 Å². The van der Waals surface area contributed by atoms with Crippen LogP contribution in [0.4, 0.5) is 11.4 Å². The van der Waals surface area contributed by atoms with Crippen molar-refractivity contribution >= 4 is 34.8 Å². The Morgan fingerprint density at radius 1 is 1.21 bits per heavy atom. The van der Waals surface area contributed by atoms with Crippen LogP contribution in [-0.2, 0) is 16.0 Å². The van der Waals surface area contributed by atoms with Gasteiger partial charge in [-0.25, -0.2) is 0 Å². The molecule has 2 aromatic rings. The largest absolute Gasteiger partial charge is 0.495 e. The number of hydrogen-bond donors (Lipinski definition) is 1. The number of anilines is 2. The maximum absolute atomic E-state index is 12.7. The number of benzene rings is 2. The number of ether oxygens (including phenoxy) is 2. The first kappa shape index (κ1) is 20.0. The maximum atomic E-state index is 12.7. The minimum absolute atomic E-state index is 0.131. The van der Waals surface area contributed by atoms with Gasteiger partial charge in [0, 0.05) is 24.7 Å². The van der Waals surface area contributed by atoms with Gasteiger partial charge in [-0.1, -0.05) is 30.7 Å². The average Bonchev–Trinajstić information content (AvgIpc) is 3.09. The molecule has 0 spiro atoms. The van der Waals surface area contributed by atoms with Gasteiger partial charge in [0.15, 0.2) is 0 Å². The molecule has 6 nitrogen and oxygen atoms in total. The quantitative estimate of drug-likeness (QED) is 0.795. The van der Waals surface area contributed by atoms with Gasteiger partial charge in [0.25, 0.3) is 0 Å². The van der Waals surface area contributed by atoms with Crippen LogP contribution >= 0.6 is 11.6 Å². The van der Waals surface area contributed by atoms with E-state index in [1.54, 1.807) is 12.1 Å². The lowest BCUT2D eigenvalue weighted by molar-refractivity contribution is -0.122. The van der Waals surface area contributed by atoms with E-state index in [-0.39, 0.29) is 24.8 Å². The molecule has 0 aliphatic carbocycles. The van der Waals surface area contributed by atoms with Gasteiger partial charge in [-0.15, -0.1) is 0 Å². The Morgan fingerprint density at radius 3 is 2.64 bits per heavy atom. The Kier molecular flexibility index (Phi) is 6.09. The summed E-state index contributed by atoms with van der Waals surface area (Å²) < 4.78 is 10.6. The summed E-state index contributed by atoms with van der Waals surface area (Å²) in [5, 5.41) is 3.28. The molecule has 0 saturated carbocycles. The average molecular weight is 403 g/mol. The molecule has 148 valence electrons. The van der Waals surface area contributed by atoms with E-state index < -0.39 is 5.92 Å². The zero-order valence-electron chi connectivity index (χ0n) is 16.1. The van der Waals surface area contributed by atoms with Gasteiger partial charge in [-0.3, -0.25) is 9.59 Å². The number of nitrogens with zero attached hydrogens (tertiary/aromatic N) is 1. The van der Waals surface area contributed by atoms with Crippen molar-refractivity contribution in [3.63, 3.8) is 0 Å². The van der Waals surface area contributed by atoms with Crippen LogP contribution in [0, 0.1) is 5.92 Å². The zero-order valence-corrected chi connectivity index (χ0v) is 16.9. The van der Waals surface area contributed by atoms with Crippen molar-refractivity contribution in [2.45, 2.75) is 19.8 Å². The highest BCUT2D eigenvalue weighted by Gasteiger charge is 2.36. The van der Waals surface area contributed by atoms with Gasteiger partial charge < -0.3 is 19.7 Å². The Morgan fingerprint density at radius 2 is 1.96 bits per heavy atom. The number of hydrogen-bond acceptors (Lipinski definition) is 4. The molecule has 0 unspecified atom stereocenters. The number of carbonyl (C=O) groups excluding carboxylic acids is 2. The standard InChI is InChI=1S/C21H23ClN2O4/c1-4-13-6-5-7-15(8-13)23-21(26)14-9-20(25)24(12-14)17-10-16(22)18(27-2)11-19(17)28-3/h5-8,10-11,14H,4,9,12H2,1-3H3,(H,23,26)/t14-/m0/s1. The van der Waals surface area contributed by atoms with Gasteiger partial charge in [-0.05, 0) is 30.2 Å². The number of amides is 2. The molecule has 28 heavy (non-hydrogen) atoms. The summed E-state index contributed by atoms with van der Waals surface area (Å²) in [6, 6.07) is 11.0. The molecular weight excluding hydrogens is 380 g/mol. The van der Waals surface area contributed by atoms with E-state index >= 15 is 0 Å². The van der Waals surface area contributed by atoms with E-state index in [0.717, 1.165) is 17.7 Å². The lowest BCUT2D eigenvalue weighted by Gasteiger charge is -2.21. The summed E-state index contributed by atoms with van der Waals surface area (Å²) >= 11 is 6.22. The first-order valence-electron chi connectivity index (χ1n) is 9.08. The van der Waals surface area contributed by atoms with Crippen molar-refractivity contribution in [3.8, 4) is 11.5 Å². The van der Waals surface area contributed by atoms with E-state index in [1.807, 2.05) is 24.3 Å². The first-order valence-corrected chi connectivity index (χ1v) is 9.46. The molecule has 1 atom stereocenters. The molecule has 1 saturated heterocycles. The maximum Gasteiger partial charge on any atom is 0.229 e. The lowest BCUT2D eigenvalue weighted by Crippen LogP contribution is -2.28. The van der Waals surface area contributed by atoms with E-state index in [1.165, 1.54) is 19.1 Å². The third-order valence-electron chi connectivity index (χ3n) is 4.84. The molecule has 2 amide bonds. The number of aryl methyl sites for hydroxylation is 1. The van der Waals surface area contributed by atoms with Crippen molar-refractivity contribution in [2.75, 3.05) is 31.0 Å². The van der Waals surface area contributed by atoms with Gasteiger partial charge in [0.1, 0.15) is 11.5 Å². The number of methoxy groups -OCH3 is 2. The normalized spacial score (nSPS) is 16.2. The van der Waals surface area contributed by atoms with Gasteiger partial charge >= 0.3 is 0 Å². The van der Waals surface area contributed by atoms with E-state index in [2.05, 4.69) is 12.2 Å². The van der Waals surface area contributed by atoms with Crippen molar-refractivity contribution in [1.29, 1.82) is 0 Å². The Balaban J connectivity index is 1.78. The number of rotatable bonds is 6. The summed E-state index contributed by atoms with van der Waals surface area (Å²) in [4.78, 5) is 26.8. The Bertz CT molecular complexity index is 900. The van der Waals surface area contributed by atoms with Crippen LogP contribution in [-0.4, -0.2) is 32.6 Å². The van der Waals surface area contributed by atoms with Crippen LogP contribution in [0.15, 0.2) is 36.4 Å². The molecule has 0 aromatic heterocycles. The van der Waals surface area contributed by atoms with Gasteiger partial charge in [0.05, 0.1) is 30.8 Å². The fourth-order valence-corrected chi connectivity index (χ4v) is 3.52. The summed E-state index contributed by atoms with van der Waals surface area (Å²) in [6.07, 6.45) is 1.02. The highest BCUT2D eigenvalue weighted by Crippen LogP contribution is 2.40. The summed E-state index contributed by atoms with van der Waals surface area (Å²) in [7, 11) is 3.02. The van der Waals surface area contributed by atoms with E-state index in [0.29, 0.717) is 22.2 Å². The fourth-order valence-electron chi connectivity index (χ4n) is 3.28. The number of carbonyl (C=O) groups is 2. The highest BCUT2D eigenvalue weighted by molar-refractivity contribution is 6.32. The molecule has 0 bridgehead atoms. The van der Waals surface area contributed by atoms with Crippen molar-refractivity contribution in [1.82, 2.24) is 0 Å². The molecule has 1 heterocycles. The Labute approximate surface area is 169 Å². The van der Waals surface area contributed by atoms with Crippen molar-refractivity contribution in [3.05, 3.63) is 47.0 Å². The van der Waals surface area contributed by atoms with Crippen molar-refractivity contribution in [2.24, 2.45) is 5.92 Å². The smallest absolute Gasteiger partial charge is 0.229 e. The predicted octanol–water partition coefficient (Wildman–Crippen LogP) is 3.91. The predicted molar refractivity (Wildman–Crippen MR) is 109 cm³/mol. The molecule has 2 aromatic carbocycles. The van der Waals surface area contributed by atoms with Crippen LogP contribution in [0.3, 0.4) is 0 Å². The van der Waals surface area contributed by atoms with Gasteiger partial charge in [-0.2, -0.15) is 0 Å². The second-order valence-corrected chi connectivity index (χ2v) is 7.01. The monoisotopic (exact) mass is 402 g/mol. The number of halogens is 1. The molecule has 1 fully saturated rings. The highest BCUT2D eigenvalue weighted by atomic mass is 35.5. The second kappa shape index (κ2) is 8.52. The molecular formula is C21H23ClN2O4. The Hall–Kier alpha value is -2.73. The number of nitrogens with one attached hydrogen (secondary N) is 1. The molecule has 1 N–H and O–H groups in total. The van der Waals surface area contributed by atoms with E-state index in [9.17, 15) is 9.59 Å². The minimum Gasteiger partial charge on any atom is -0.495 e. The summed E-state index contributed by atoms with van der Waals surface area (Å²) in [6.45, 7) is 2.32. The lowest BCUT2D eigenvalue weighted by atomic mass is 10.1. The third kappa shape index (κ3) is 4.07. The third-order valence-corrected chi connectivity index (χ3v) is 5.14. The van der Waals surface area contributed by atoms with Crippen LogP contribution in [0.2, 0.25) is 5.02 Å². The van der Waals surface area contributed by atoms with Crippen LogP contribution < -0.4 is 19.7 Å². The first-order chi connectivity index (χ1) is 13.5. The summed E-state index contributed by atoms with van der Waals surface area (Å²) in [5.74, 6) is 0.137. The minimum atomic E-state index is -0.455. The molecule has 1 aliphatic heterocycles. The molecule has 7 heteroatoms. The SMILES string of the molecule is CCc1cccc(NC(=O)[C@H]2CC(=O)N(c3cc(Cl)c(OC)cc3OC)C2)c1. The van der Waals surface area contributed by atoms with Crippen LogP contribution in [0.5, 0.6) is 11.5 Å². The molecule has 1 aliphatic rings. The molecule has 3 rings (SSSR count). The molecule has 0 radical (unpaired) electrons. The topological polar surface area (TPSA) is 67.9 Å².